The van der Waals surface area contributed by atoms with Crippen LogP contribution in [0.15, 0.2) is 14.3 Å². The highest BCUT2D eigenvalue weighted by Crippen LogP contribution is 2.33. The van der Waals surface area contributed by atoms with Gasteiger partial charge < -0.3 is 4.90 Å². The van der Waals surface area contributed by atoms with Gasteiger partial charge in [0, 0.05) is 17.1 Å². The van der Waals surface area contributed by atoms with Gasteiger partial charge in [0.25, 0.3) is 5.91 Å². The van der Waals surface area contributed by atoms with Crippen LogP contribution in [0.1, 0.15) is 35.9 Å². The molecule has 1 amide bonds. The van der Waals surface area contributed by atoms with Crippen LogP contribution in [0.25, 0.3) is 0 Å². The van der Waals surface area contributed by atoms with E-state index in [9.17, 15) is 13.2 Å². The maximum atomic E-state index is 12.7. The van der Waals surface area contributed by atoms with Crippen LogP contribution in [0.5, 0.6) is 0 Å². The molecule has 1 fully saturated rings. The Bertz CT molecular complexity index is 608. The summed E-state index contributed by atoms with van der Waals surface area (Å²) in [5.74, 6) is 0.212. The number of carbonyl (C=O) groups excluding carboxylic acids is 1. The van der Waals surface area contributed by atoms with Crippen LogP contribution in [0, 0.1) is 0 Å². The molecule has 2 rings (SSSR count). The van der Waals surface area contributed by atoms with Crippen molar-refractivity contribution in [2.75, 3.05) is 18.1 Å². The average molecular weight is 459 g/mol. The number of unbranched alkanes of at least 4 members (excludes halogenated alkanes) is 1. The monoisotopic (exact) mass is 457 g/mol. The summed E-state index contributed by atoms with van der Waals surface area (Å²) in [4.78, 5) is 15.1. The molecular formula is C13H17Br2NO3S2. The number of hydrogen-bond acceptors (Lipinski definition) is 4. The molecule has 0 bridgehead atoms. The number of halogens is 2. The highest BCUT2D eigenvalue weighted by Gasteiger charge is 2.35. The van der Waals surface area contributed by atoms with E-state index in [1.807, 2.05) is 0 Å². The summed E-state index contributed by atoms with van der Waals surface area (Å²) >= 11 is 8.15. The van der Waals surface area contributed by atoms with Crippen LogP contribution in [-0.2, 0) is 9.84 Å². The van der Waals surface area contributed by atoms with Crippen LogP contribution < -0.4 is 0 Å². The van der Waals surface area contributed by atoms with Gasteiger partial charge >= 0.3 is 0 Å². The molecule has 8 heteroatoms. The Labute approximate surface area is 146 Å². The van der Waals surface area contributed by atoms with Crippen molar-refractivity contribution in [1.82, 2.24) is 4.90 Å². The summed E-state index contributed by atoms with van der Waals surface area (Å²) < 4.78 is 25.1. The molecule has 0 spiro atoms. The maximum Gasteiger partial charge on any atom is 0.264 e. The van der Waals surface area contributed by atoms with Gasteiger partial charge in [-0.2, -0.15) is 0 Å². The third-order valence-electron chi connectivity index (χ3n) is 3.52. The van der Waals surface area contributed by atoms with E-state index in [2.05, 4.69) is 38.8 Å². The Morgan fingerprint density at radius 1 is 1.48 bits per heavy atom. The molecule has 1 aromatic rings. The smallest absolute Gasteiger partial charge is 0.264 e. The van der Waals surface area contributed by atoms with Crippen molar-refractivity contribution >= 4 is 58.9 Å². The van der Waals surface area contributed by atoms with Gasteiger partial charge in [0.1, 0.15) is 0 Å². The van der Waals surface area contributed by atoms with E-state index < -0.39 is 9.84 Å². The first-order chi connectivity index (χ1) is 9.84. The van der Waals surface area contributed by atoms with Crippen molar-refractivity contribution in [2.24, 2.45) is 0 Å². The Morgan fingerprint density at radius 3 is 2.67 bits per heavy atom. The normalized spacial score (nSPS) is 20.6. The van der Waals surface area contributed by atoms with Crippen molar-refractivity contribution in [1.29, 1.82) is 0 Å². The summed E-state index contributed by atoms with van der Waals surface area (Å²) in [6.07, 6.45) is 2.41. The molecule has 0 N–H and O–H groups in total. The summed E-state index contributed by atoms with van der Waals surface area (Å²) in [7, 11) is -2.99. The SMILES string of the molecule is CCCCN(C(=O)c1cc(Br)c(Br)s1)C1CCS(=O)(=O)C1. The number of sulfone groups is 1. The quantitative estimate of drug-likeness (QED) is 0.675. The first kappa shape index (κ1) is 17.4. The zero-order chi connectivity index (χ0) is 15.6. The van der Waals surface area contributed by atoms with Crippen LogP contribution >= 0.6 is 43.2 Å². The van der Waals surface area contributed by atoms with E-state index in [4.69, 9.17) is 0 Å². The van der Waals surface area contributed by atoms with Gasteiger partial charge in [-0.25, -0.2) is 8.42 Å². The molecule has 1 unspecified atom stereocenters. The molecule has 1 saturated heterocycles. The second-order valence-electron chi connectivity index (χ2n) is 5.14. The lowest BCUT2D eigenvalue weighted by molar-refractivity contribution is 0.0699. The maximum absolute atomic E-state index is 12.7. The summed E-state index contributed by atoms with van der Waals surface area (Å²) in [6.45, 7) is 2.68. The molecule has 1 aliphatic rings. The minimum atomic E-state index is -2.99. The predicted molar refractivity (Wildman–Crippen MR) is 92.7 cm³/mol. The standard InChI is InChI=1S/C13H17Br2NO3S2/c1-2-3-5-16(9-4-6-21(18,19)8-9)13(17)11-7-10(14)12(15)20-11/h7,9H,2-6,8H2,1H3. The number of rotatable bonds is 5. The van der Waals surface area contributed by atoms with Gasteiger partial charge in [-0.1, -0.05) is 13.3 Å². The zero-order valence-electron chi connectivity index (χ0n) is 11.6. The number of nitrogens with zero attached hydrogens (tertiary/aromatic N) is 1. The van der Waals surface area contributed by atoms with Crippen LogP contribution in [0.4, 0.5) is 0 Å². The lowest BCUT2D eigenvalue weighted by Crippen LogP contribution is -2.41. The Kier molecular flexibility index (Phi) is 5.90. The molecule has 1 aromatic heterocycles. The third-order valence-corrected chi connectivity index (χ3v) is 8.51. The highest BCUT2D eigenvalue weighted by molar-refractivity contribution is 9.13. The second kappa shape index (κ2) is 7.10. The van der Waals surface area contributed by atoms with Crippen molar-refractivity contribution in [3.05, 3.63) is 19.2 Å². The number of carbonyl (C=O) groups is 1. The minimum Gasteiger partial charge on any atom is -0.334 e. The lowest BCUT2D eigenvalue weighted by atomic mass is 10.2. The highest BCUT2D eigenvalue weighted by atomic mass is 79.9. The largest absolute Gasteiger partial charge is 0.334 e. The molecule has 1 atom stereocenters. The van der Waals surface area contributed by atoms with E-state index >= 15 is 0 Å². The van der Waals surface area contributed by atoms with Crippen molar-refractivity contribution in [2.45, 2.75) is 32.2 Å². The van der Waals surface area contributed by atoms with E-state index in [1.54, 1.807) is 11.0 Å². The van der Waals surface area contributed by atoms with E-state index in [1.165, 1.54) is 11.3 Å². The fraction of sp³-hybridized carbons (Fsp3) is 0.615. The van der Waals surface area contributed by atoms with E-state index in [0.29, 0.717) is 17.8 Å². The van der Waals surface area contributed by atoms with Crippen molar-refractivity contribution in [3.8, 4) is 0 Å². The van der Waals surface area contributed by atoms with E-state index in [0.717, 1.165) is 21.1 Å². The second-order valence-corrected chi connectivity index (χ2v) is 10.6. The minimum absolute atomic E-state index is 0.0676. The van der Waals surface area contributed by atoms with Gasteiger partial charge in [-0.05, 0) is 50.8 Å². The molecule has 0 saturated carbocycles. The van der Waals surface area contributed by atoms with Gasteiger partial charge in [0.15, 0.2) is 9.84 Å². The fourth-order valence-electron chi connectivity index (χ4n) is 2.39. The average Bonchev–Trinajstić information content (AvgIpc) is 2.93. The Balaban J connectivity index is 2.21. The third kappa shape index (κ3) is 4.30. The lowest BCUT2D eigenvalue weighted by Gasteiger charge is -2.27. The van der Waals surface area contributed by atoms with Gasteiger partial charge in [0.05, 0.1) is 20.2 Å². The summed E-state index contributed by atoms with van der Waals surface area (Å²) in [5, 5.41) is 0. The van der Waals surface area contributed by atoms with Gasteiger partial charge in [-0.15, -0.1) is 11.3 Å². The number of amides is 1. The Morgan fingerprint density at radius 2 is 2.19 bits per heavy atom. The number of hydrogen-bond donors (Lipinski definition) is 0. The Hall–Kier alpha value is 0.0800. The first-order valence-electron chi connectivity index (χ1n) is 6.80. The molecule has 0 aromatic carbocycles. The molecule has 4 nitrogen and oxygen atoms in total. The van der Waals surface area contributed by atoms with E-state index in [-0.39, 0.29) is 23.5 Å². The first-order valence-corrected chi connectivity index (χ1v) is 11.0. The van der Waals surface area contributed by atoms with Crippen LogP contribution in [0.2, 0.25) is 0 Å². The molecular weight excluding hydrogens is 442 g/mol. The van der Waals surface area contributed by atoms with Gasteiger partial charge in [-0.3, -0.25) is 4.79 Å². The van der Waals surface area contributed by atoms with Crippen LogP contribution in [-0.4, -0.2) is 43.3 Å². The van der Waals surface area contributed by atoms with Gasteiger partial charge in [0.2, 0.25) is 0 Å². The van der Waals surface area contributed by atoms with Crippen LogP contribution in [0.3, 0.4) is 0 Å². The summed E-state index contributed by atoms with van der Waals surface area (Å²) in [6, 6.07) is 1.60. The molecule has 118 valence electrons. The molecule has 0 aliphatic carbocycles. The topological polar surface area (TPSA) is 54.5 Å². The van der Waals surface area contributed by atoms with Crippen molar-refractivity contribution in [3.63, 3.8) is 0 Å². The molecule has 2 heterocycles. The number of thiophene rings is 1. The predicted octanol–water partition coefficient (Wildman–Crippen LogP) is 3.70. The molecule has 1 aliphatic heterocycles. The van der Waals surface area contributed by atoms with Crippen molar-refractivity contribution < 1.29 is 13.2 Å². The summed E-state index contributed by atoms with van der Waals surface area (Å²) in [5.41, 5.74) is 0. The fourth-order valence-corrected chi connectivity index (χ4v) is 6.12. The molecule has 21 heavy (non-hydrogen) atoms. The molecule has 0 radical (unpaired) electrons. The zero-order valence-corrected chi connectivity index (χ0v) is 16.4.